The first-order chi connectivity index (χ1) is 12.6. The molecule has 1 heterocycles. The van der Waals surface area contributed by atoms with Crippen LogP contribution in [0.3, 0.4) is 0 Å². The summed E-state index contributed by atoms with van der Waals surface area (Å²) >= 11 is 6.11. The normalized spacial score (nSPS) is 11.0. The molecule has 0 spiro atoms. The zero-order valence-electron chi connectivity index (χ0n) is 15.0. The molecule has 8 heteroatoms. The second kappa shape index (κ2) is 9.61. The van der Waals surface area contributed by atoms with Crippen molar-refractivity contribution in [1.82, 2.24) is 9.78 Å². The van der Waals surface area contributed by atoms with Crippen LogP contribution in [0.15, 0.2) is 59.7 Å². The topological polar surface area (TPSA) is 77.5 Å². The van der Waals surface area contributed by atoms with E-state index in [0.29, 0.717) is 23.3 Å². The van der Waals surface area contributed by atoms with Crippen LogP contribution in [0, 0.1) is 6.92 Å². The van der Waals surface area contributed by atoms with Crippen LogP contribution < -0.4 is 15.8 Å². The van der Waals surface area contributed by atoms with Gasteiger partial charge in [0.15, 0.2) is 5.96 Å². The van der Waals surface area contributed by atoms with Gasteiger partial charge in [0.25, 0.3) is 0 Å². The van der Waals surface area contributed by atoms with Gasteiger partial charge in [-0.3, -0.25) is 0 Å². The number of para-hydroxylation sites is 1. The standard InChI is InChI=1S/C19H20ClN5O.HI/c1-13-14(12-25(24-13)16-6-4-3-5-7-16)11-22-19(21)23-15-8-9-18(26-2)17(20)10-15;/h3-10,12H,11H2,1-2H3,(H3,21,22,23);1H. The molecule has 0 aliphatic heterocycles. The number of nitrogens with zero attached hydrogens (tertiary/aromatic N) is 3. The summed E-state index contributed by atoms with van der Waals surface area (Å²) in [4.78, 5) is 4.39. The predicted molar refractivity (Wildman–Crippen MR) is 121 cm³/mol. The Morgan fingerprint density at radius 2 is 2.00 bits per heavy atom. The number of benzene rings is 2. The molecule has 0 fully saturated rings. The lowest BCUT2D eigenvalue weighted by atomic mass is 10.2. The van der Waals surface area contributed by atoms with Crippen LogP contribution in [0.25, 0.3) is 5.69 Å². The average Bonchev–Trinajstić information content (AvgIpc) is 3.02. The van der Waals surface area contributed by atoms with Gasteiger partial charge in [0.05, 0.1) is 30.1 Å². The summed E-state index contributed by atoms with van der Waals surface area (Å²) in [6.07, 6.45) is 1.96. The third-order valence-electron chi connectivity index (χ3n) is 3.87. The fourth-order valence-corrected chi connectivity index (χ4v) is 2.72. The predicted octanol–water partition coefficient (Wildman–Crippen LogP) is 4.39. The molecule has 2 aromatic carbocycles. The molecule has 0 amide bonds. The highest BCUT2D eigenvalue weighted by Gasteiger charge is 2.07. The van der Waals surface area contributed by atoms with Crippen LogP contribution in [0.4, 0.5) is 5.69 Å². The first-order valence-electron chi connectivity index (χ1n) is 8.08. The summed E-state index contributed by atoms with van der Waals surface area (Å²) in [7, 11) is 1.57. The lowest BCUT2D eigenvalue weighted by Gasteiger charge is -2.08. The van der Waals surface area contributed by atoms with Gasteiger partial charge < -0.3 is 15.8 Å². The van der Waals surface area contributed by atoms with E-state index in [1.54, 1.807) is 19.2 Å². The van der Waals surface area contributed by atoms with Crippen molar-refractivity contribution >= 4 is 47.2 Å². The number of halogens is 2. The van der Waals surface area contributed by atoms with Crippen LogP contribution in [-0.2, 0) is 6.54 Å². The maximum Gasteiger partial charge on any atom is 0.193 e. The molecule has 3 N–H and O–H groups in total. The van der Waals surface area contributed by atoms with Gasteiger partial charge in [-0.05, 0) is 37.3 Å². The molecule has 1 aromatic heterocycles. The van der Waals surface area contributed by atoms with E-state index in [4.69, 9.17) is 22.1 Å². The molecule has 0 saturated heterocycles. The summed E-state index contributed by atoms with van der Waals surface area (Å²) in [6.45, 7) is 2.39. The number of nitrogens with one attached hydrogen (secondary N) is 1. The number of aromatic nitrogens is 2. The van der Waals surface area contributed by atoms with Crippen molar-refractivity contribution in [2.24, 2.45) is 10.7 Å². The summed E-state index contributed by atoms with van der Waals surface area (Å²) < 4.78 is 6.97. The highest BCUT2D eigenvalue weighted by Crippen LogP contribution is 2.27. The van der Waals surface area contributed by atoms with Crippen molar-refractivity contribution in [2.45, 2.75) is 13.5 Å². The molecule has 142 valence electrons. The van der Waals surface area contributed by atoms with Gasteiger partial charge in [-0.25, -0.2) is 9.67 Å². The quantitative estimate of drug-likeness (QED) is 0.311. The van der Waals surface area contributed by atoms with Gasteiger partial charge in [0.1, 0.15) is 5.75 Å². The smallest absolute Gasteiger partial charge is 0.193 e. The molecule has 0 unspecified atom stereocenters. The maximum atomic E-state index is 6.11. The van der Waals surface area contributed by atoms with E-state index in [0.717, 1.165) is 22.6 Å². The number of rotatable bonds is 5. The van der Waals surface area contributed by atoms with Gasteiger partial charge >= 0.3 is 0 Å². The van der Waals surface area contributed by atoms with Crippen molar-refractivity contribution in [2.75, 3.05) is 12.4 Å². The van der Waals surface area contributed by atoms with Gasteiger partial charge in [0.2, 0.25) is 0 Å². The van der Waals surface area contributed by atoms with Gasteiger partial charge in [-0.2, -0.15) is 5.10 Å². The molecule has 3 aromatic rings. The Morgan fingerprint density at radius 3 is 2.67 bits per heavy atom. The monoisotopic (exact) mass is 497 g/mol. The number of guanidine groups is 1. The fourth-order valence-electron chi connectivity index (χ4n) is 2.47. The number of methoxy groups -OCH3 is 1. The zero-order chi connectivity index (χ0) is 18.5. The molecule has 27 heavy (non-hydrogen) atoms. The van der Waals surface area contributed by atoms with Crippen molar-refractivity contribution in [3.8, 4) is 11.4 Å². The lowest BCUT2D eigenvalue weighted by molar-refractivity contribution is 0.415. The number of hydrogen-bond acceptors (Lipinski definition) is 3. The van der Waals surface area contributed by atoms with E-state index < -0.39 is 0 Å². The molecule has 0 saturated carbocycles. The number of ether oxygens (including phenoxy) is 1. The van der Waals surface area contributed by atoms with Crippen LogP contribution >= 0.6 is 35.6 Å². The third-order valence-corrected chi connectivity index (χ3v) is 4.16. The highest BCUT2D eigenvalue weighted by atomic mass is 127. The molecule has 0 aliphatic rings. The van der Waals surface area contributed by atoms with E-state index in [9.17, 15) is 0 Å². The Hall–Kier alpha value is -2.26. The van der Waals surface area contributed by atoms with E-state index in [1.165, 1.54) is 0 Å². The molecule has 6 nitrogen and oxygen atoms in total. The van der Waals surface area contributed by atoms with Crippen LogP contribution in [0.5, 0.6) is 5.75 Å². The number of nitrogens with two attached hydrogens (primary N) is 1. The summed E-state index contributed by atoms with van der Waals surface area (Å²) in [5, 5.41) is 8.06. The Morgan fingerprint density at radius 1 is 1.26 bits per heavy atom. The van der Waals surface area contributed by atoms with Gasteiger partial charge in [0, 0.05) is 17.4 Å². The Kier molecular flexibility index (Phi) is 7.49. The Labute approximate surface area is 180 Å². The average molecular weight is 498 g/mol. The number of aryl methyl sites for hydroxylation is 1. The second-order valence-electron chi connectivity index (χ2n) is 5.70. The summed E-state index contributed by atoms with van der Waals surface area (Å²) in [5.74, 6) is 0.912. The molecule has 0 bridgehead atoms. The summed E-state index contributed by atoms with van der Waals surface area (Å²) in [6, 6.07) is 15.3. The van der Waals surface area contributed by atoms with E-state index in [1.807, 2.05) is 54.2 Å². The highest BCUT2D eigenvalue weighted by molar-refractivity contribution is 14.0. The maximum absolute atomic E-state index is 6.11. The SMILES string of the molecule is COc1ccc(NC(N)=NCc2cn(-c3ccccc3)nc2C)cc1Cl.I. The van der Waals surface area contributed by atoms with Crippen molar-refractivity contribution in [3.05, 3.63) is 71.0 Å². The summed E-state index contributed by atoms with van der Waals surface area (Å²) in [5.41, 5.74) is 9.65. The van der Waals surface area contributed by atoms with Gasteiger partial charge in [-0.1, -0.05) is 29.8 Å². The van der Waals surface area contributed by atoms with Crippen molar-refractivity contribution < 1.29 is 4.74 Å². The van der Waals surface area contributed by atoms with Crippen LogP contribution in [0.2, 0.25) is 5.02 Å². The number of anilines is 1. The van der Waals surface area contributed by atoms with Crippen LogP contribution in [0.1, 0.15) is 11.3 Å². The second-order valence-corrected chi connectivity index (χ2v) is 6.10. The van der Waals surface area contributed by atoms with E-state index >= 15 is 0 Å². The molecular formula is C19H21ClIN5O. The minimum absolute atomic E-state index is 0. The fraction of sp³-hybridized carbons (Fsp3) is 0.158. The van der Waals surface area contributed by atoms with Crippen molar-refractivity contribution in [1.29, 1.82) is 0 Å². The van der Waals surface area contributed by atoms with Gasteiger partial charge in [-0.15, -0.1) is 24.0 Å². The minimum atomic E-state index is 0. The first kappa shape index (κ1) is 21.0. The van der Waals surface area contributed by atoms with Crippen molar-refractivity contribution in [3.63, 3.8) is 0 Å². The zero-order valence-corrected chi connectivity index (χ0v) is 18.1. The first-order valence-corrected chi connectivity index (χ1v) is 8.45. The Bertz CT molecular complexity index is 927. The molecule has 0 aliphatic carbocycles. The van der Waals surface area contributed by atoms with Crippen LogP contribution in [-0.4, -0.2) is 22.8 Å². The largest absolute Gasteiger partial charge is 0.495 e. The Balaban J connectivity index is 0.00000261. The van der Waals surface area contributed by atoms with E-state index in [2.05, 4.69) is 15.4 Å². The molecule has 0 radical (unpaired) electrons. The molecular weight excluding hydrogens is 477 g/mol. The minimum Gasteiger partial charge on any atom is -0.495 e. The number of hydrogen-bond donors (Lipinski definition) is 2. The molecule has 3 rings (SSSR count). The van der Waals surface area contributed by atoms with E-state index in [-0.39, 0.29) is 24.0 Å². The molecule has 0 atom stereocenters. The lowest BCUT2D eigenvalue weighted by Crippen LogP contribution is -2.22. The number of aliphatic imine (C=N–C) groups is 1. The third kappa shape index (κ3) is 5.36.